The summed E-state index contributed by atoms with van der Waals surface area (Å²) in [4.78, 5) is 26.1. The second kappa shape index (κ2) is 7.84. The van der Waals surface area contributed by atoms with Crippen LogP contribution in [0.4, 0.5) is 9.18 Å². The molecule has 2 heterocycles. The first-order valence-corrected chi connectivity index (χ1v) is 10.2. The fourth-order valence-corrected chi connectivity index (χ4v) is 4.63. The molecule has 1 fully saturated rings. The minimum absolute atomic E-state index is 0.138. The van der Waals surface area contributed by atoms with Crippen molar-refractivity contribution >= 4 is 16.1 Å². The van der Waals surface area contributed by atoms with Gasteiger partial charge in [-0.2, -0.15) is 0 Å². The van der Waals surface area contributed by atoms with Gasteiger partial charge >= 0.3 is 11.7 Å². The lowest BCUT2D eigenvalue weighted by atomic mass is 10.1. The molecule has 1 aromatic heterocycles. The highest BCUT2D eigenvalue weighted by atomic mass is 32.2. The molecule has 11 heteroatoms. The number of piperazine rings is 1. The third kappa shape index (κ3) is 3.96. The molecule has 1 aliphatic rings. The van der Waals surface area contributed by atoms with E-state index in [1.807, 2.05) is 4.90 Å². The van der Waals surface area contributed by atoms with Crippen molar-refractivity contribution in [1.29, 1.82) is 0 Å². The predicted octanol–water partition coefficient (Wildman–Crippen LogP) is 1.11. The van der Waals surface area contributed by atoms with E-state index in [2.05, 4.69) is 0 Å². The Morgan fingerprint density at radius 2 is 1.93 bits per heavy atom. The molecule has 0 radical (unpaired) electrons. The molecule has 2 N–H and O–H groups in total. The second-order valence-corrected chi connectivity index (χ2v) is 8.57. The first-order valence-electron chi connectivity index (χ1n) is 8.78. The Morgan fingerprint density at radius 1 is 1.24 bits per heavy atom. The molecule has 1 saturated heterocycles. The van der Waals surface area contributed by atoms with E-state index >= 15 is 0 Å². The Balaban J connectivity index is 1.87. The Kier molecular flexibility index (Phi) is 5.62. The summed E-state index contributed by atoms with van der Waals surface area (Å²) < 4.78 is 39.4. The fourth-order valence-electron chi connectivity index (χ4n) is 3.32. The lowest BCUT2D eigenvalue weighted by Gasteiger charge is -2.38. The van der Waals surface area contributed by atoms with E-state index in [9.17, 15) is 27.5 Å². The molecule has 3 rings (SSSR count). The van der Waals surface area contributed by atoms with Crippen LogP contribution in [0, 0.1) is 5.82 Å². The van der Waals surface area contributed by atoms with E-state index in [0.717, 1.165) is 18.3 Å². The number of aromatic nitrogens is 1. The van der Waals surface area contributed by atoms with Gasteiger partial charge in [-0.25, -0.2) is 21.6 Å². The number of hydrogen-bond donors (Lipinski definition) is 2. The highest BCUT2D eigenvalue weighted by Crippen LogP contribution is 2.20. The van der Waals surface area contributed by atoms with Crippen molar-refractivity contribution in [3.05, 3.63) is 58.3 Å². The average molecular weight is 425 g/mol. The molecule has 1 amide bonds. The van der Waals surface area contributed by atoms with Crippen LogP contribution in [0.1, 0.15) is 12.5 Å². The number of rotatable bonds is 4. The Morgan fingerprint density at radius 3 is 2.55 bits per heavy atom. The summed E-state index contributed by atoms with van der Waals surface area (Å²) in [5, 5.41) is 19.4. The highest BCUT2D eigenvalue weighted by molar-refractivity contribution is 7.90. The SMILES string of the molecule is CC1CN(Cc2ccn(S(=O)(=O)c3ccccc3F)c(=O)c2O)CCN1C(=O)O. The van der Waals surface area contributed by atoms with Crippen molar-refractivity contribution in [1.82, 2.24) is 13.8 Å². The van der Waals surface area contributed by atoms with Crippen LogP contribution in [0.3, 0.4) is 0 Å². The quantitative estimate of drug-likeness (QED) is 0.753. The smallest absolute Gasteiger partial charge is 0.407 e. The third-order valence-corrected chi connectivity index (χ3v) is 6.54. The zero-order valence-corrected chi connectivity index (χ0v) is 16.3. The molecule has 156 valence electrons. The Labute approximate surface area is 166 Å². The predicted molar refractivity (Wildman–Crippen MR) is 101 cm³/mol. The molecule has 0 spiro atoms. The maximum Gasteiger partial charge on any atom is 0.407 e. The first kappa shape index (κ1) is 20.8. The maximum atomic E-state index is 13.9. The van der Waals surface area contributed by atoms with Crippen LogP contribution in [-0.2, 0) is 16.6 Å². The number of carboxylic acid groups (broad SMARTS) is 1. The molecular weight excluding hydrogens is 405 g/mol. The summed E-state index contributed by atoms with van der Waals surface area (Å²) in [6.45, 7) is 2.95. The van der Waals surface area contributed by atoms with Crippen molar-refractivity contribution in [3.8, 4) is 5.75 Å². The monoisotopic (exact) mass is 425 g/mol. The summed E-state index contributed by atoms with van der Waals surface area (Å²) >= 11 is 0. The molecule has 1 atom stereocenters. The van der Waals surface area contributed by atoms with Crippen molar-refractivity contribution in [3.63, 3.8) is 0 Å². The molecule has 0 saturated carbocycles. The van der Waals surface area contributed by atoms with Gasteiger partial charge in [0.2, 0.25) is 0 Å². The number of aromatic hydroxyl groups is 1. The van der Waals surface area contributed by atoms with Crippen LogP contribution in [-0.4, -0.2) is 64.2 Å². The van der Waals surface area contributed by atoms with Crippen molar-refractivity contribution in [2.45, 2.75) is 24.4 Å². The largest absolute Gasteiger partial charge is 0.503 e. The highest BCUT2D eigenvalue weighted by Gasteiger charge is 2.29. The number of pyridine rings is 1. The Hall–Kier alpha value is -2.92. The number of halogens is 1. The van der Waals surface area contributed by atoms with Gasteiger partial charge in [-0.15, -0.1) is 0 Å². The molecule has 0 bridgehead atoms. The van der Waals surface area contributed by atoms with E-state index in [1.165, 1.54) is 23.1 Å². The summed E-state index contributed by atoms with van der Waals surface area (Å²) in [7, 11) is -4.51. The van der Waals surface area contributed by atoms with E-state index in [-0.39, 0.29) is 24.7 Å². The lowest BCUT2D eigenvalue weighted by Crippen LogP contribution is -2.53. The van der Waals surface area contributed by atoms with Crippen molar-refractivity contribution in [2.75, 3.05) is 19.6 Å². The van der Waals surface area contributed by atoms with Crippen LogP contribution >= 0.6 is 0 Å². The summed E-state index contributed by atoms with van der Waals surface area (Å²) in [5.74, 6) is -1.76. The summed E-state index contributed by atoms with van der Waals surface area (Å²) in [5.41, 5.74) is -0.978. The van der Waals surface area contributed by atoms with Crippen LogP contribution in [0.2, 0.25) is 0 Å². The molecule has 0 aliphatic carbocycles. The minimum atomic E-state index is -4.51. The fraction of sp³-hybridized carbons (Fsp3) is 0.333. The van der Waals surface area contributed by atoms with Crippen LogP contribution in [0.15, 0.2) is 46.2 Å². The van der Waals surface area contributed by atoms with E-state index in [0.29, 0.717) is 17.1 Å². The zero-order chi connectivity index (χ0) is 21.3. The molecule has 1 unspecified atom stereocenters. The van der Waals surface area contributed by atoms with E-state index in [4.69, 9.17) is 5.11 Å². The van der Waals surface area contributed by atoms with Gasteiger partial charge in [0.05, 0.1) is 0 Å². The number of hydrogen-bond acceptors (Lipinski definition) is 6. The normalized spacial score (nSPS) is 18.0. The van der Waals surface area contributed by atoms with Gasteiger partial charge in [-0.05, 0) is 25.1 Å². The molecular formula is C18H20FN3O6S. The van der Waals surface area contributed by atoms with Crippen LogP contribution in [0.5, 0.6) is 5.75 Å². The molecule has 1 aromatic carbocycles. The third-order valence-electron chi connectivity index (χ3n) is 4.84. The van der Waals surface area contributed by atoms with Crippen molar-refractivity contribution in [2.24, 2.45) is 0 Å². The topological polar surface area (TPSA) is 120 Å². The first-order chi connectivity index (χ1) is 13.6. The number of benzene rings is 1. The maximum absolute atomic E-state index is 13.9. The number of amides is 1. The van der Waals surface area contributed by atoms with Gasteiger partial charge in [-0.1, -0.05) is 12.1 Å². The summed E-state index contributed by atoms with van der Waals surface area (Å²) in [6, 6.07) is 5.65. The lowest BCUT2D eigenvalue weighted by molar-refractivity contribution is 0.0707. The van der Waals surface area contributed by atoms with Gasteiger partial charge in [0.25, 0.3) is 10.0 Å². The number of nitrogens with zero attached hydrogens (tertiary/aromatic N) is 3. The van der Waals surface area contributed by atoms with Gasteiger partial charge in [-0.3, -0.25) is 9.69 Å². The minimum Gasteiger partial charge on any atom is -0.503 e. The molecule has 9 nitrogen and oxygen atoms in total. The van der Waals surface area contributed by atoms with Gasteiger partial charge in [0.1, 0.15) is 10.7 Å². The standard InChI is InChI=1S/C18H20FN3O6S/c1-12-10-20(8-9-21(12)18(25)26)11-13-6-7-22(17(24)16(13)23)29(27,28)15-5-3-2-4-14(15)19/h2-7,12,23H,8-11H2,1H3,(H,25,26). The van der Waals surface area contributed by atoms with E-state index < -0.39 is 38.1 Å². The van der Waals surface area contributed by atoms with Crippen LogP contribution < -0.4 is 5.56 Å². The molecule has 1 aliphatic heterocycles. The van der Waals surface area contributed by atoms with Gasteiger partial charge < -0.3 is 15.1 Å². The van der Waals surface area contributed by atoms with Crippen molar-refractivity contribution < 1.29 is 27.8 Å². The Bertz CT molecular complexity index is 1100. The molecule has 2 aromatic rings. The molecule has 29 heavy (non-hydrogen) atoms. The second-order valence-electron chi connectivity index (χ2n) is 6.79. The number of carbonyl (C=O) groups is 1. The van der Waals surface area contributed by atoms with E-state index in [1.54, 1.807) is 6.92 Å². The van der Waals surface area contributed by atoms with Crippen LogP contribution in [0.25, 0.3) is 0 Å². The van der Waals surface area contributed by atoms with Gasteiger partial charge in [0.15, 0.2) is 5.75 Å². The van der Waals surface area contributed by atoms with Gasteiger partial charge in [0, 0.05) is 44.0 Å². The average Bonchev–Trinajstić information content (AvgIpc) is 2.65. The summed E-state index contributed by atoms with van der Waals surface area (Å²) in [6.07, 6.45) is -0.0308. The zero-order valence-electron chi connectivity index (χ0n) is 15.5.